The van der Waals surface area contributed by atoms with Gasteiger partial charge in [0.05, 0.1) is 14.9 Å². The van der Waals surface area contributed by atoms with Gasteiger partial charge in [-0.15, -0.1) is 0 Å². The number of aryl methyl sites for hydroxylation is 1. The van der Waals surface area contributed by atoms with Gasteiger partial charge in [0.25, 0.3) is 5.91 Å². The Labute approximate surface area is 174 Å². The lowest BCUT2D eigenvalue weighted by molar-refractivity contribution is -0.134. The summed E-state index contributed by atoms with van der Waals surface area (Å²) in [5.41, 5.74) is 1.11. The van der Waals surface area contributed by atoms with Crippen LogP contribution in [0.2, 0.25) is 10.0 Å². The largest absolute Gasteiger partial charge is 0.484 e. The topological polar surface area (TPSA) is 66.9 Å². The zero-order valence-electron chi connectivity index (χ0n) is 15.3. The van der Waals surface area contributed by atoms with Crippen molar-refractivity contribution in [1.29, 1.82) is 0 Å². The fourth-order valence-corrected chi connectivity index (χ4v) is 4.65. The molecule has 1 aliphatic heterocycles. The van der Waals surface area contributed by atoms with Crippen molar-refractivity contribution in [3.8, 4) is 5.75 Å². The van der Waals surface area contributed by atoms with Gasteiger partial charge in [0.2, 0.25) is 10.0 Å². The Morgan fingerprint density at radius 3 is 2.25 bits per heavy atom. The highest BCUT2D eigenvalue weighted by Crippen LogP contribution is 2.27. The molecular weight excluding hydrogens is 423 g/mol. The van der Waals surface area contributed by atoms with Crippen LogP contribution in [0.5, 0.6) is 5.75 Å². The molecule has 0 N–H and O–H groups in total. The van der Waals surface area contributed by atoms with Gasteiger partial charge in [-0.1, -0.05) is 40.9 Å². The maximum atomic E-state index is 12.8. The van der Waals surface area contributed by atoms with Crippen LogP contribution >= 0.6 is 23.2 Å². The Morgan fingerprint density at radius 1 is 1.00 bits per heavy atom. The minimum Gasteiger partial charge on any atom is -0.484 e. The van der Waals surface area contributed by atoms with Gasteiger partial charge in [-0.3, -0.25) is 4.79 Å². The minimum atomic E-state index is -3.69. The van der Waals surface area contributed by atoms with Gasteiger partial charge >= 0.3 is 0 Å². The summed E-state index contributed by atoms with van der Waals surface area (Å²) in [4.78, 5) is 14.0. The molecule has 0 radical (unpaired) electrons. The average Bonchev–Trinajstić information content (AvgIpc) is 2.69. The molecule has 0 bridgehead atoms. The molecule has 2 aromatic carbocycles. The molecule has 0 unspecified atom stereocenters. The van der Waals surface area contributed by atoms with Crippen LogP contribution in [0, 0.1) is 6.92 Å². The summed E-state index contributed by atoms with van der Waals surface area (Å²) < 4.78 is 32.4. The average molecular weight is 443 g/mol. The van der Waals surface area contributed by atoms with Gasteiger partial charge in [0.1, 0.15) is 5.75 Å². The maximum absolute atomic E-state index is 12.8. The lowest BCUT2D eigenvalue weighted by Crippen LogP contribution is -2.51. The van der Waals surface area contributed by atoms with Gasteiger partial charge < -0.3 is 9.64 Å². The number of hydrogen-bond acceptors (Lipinski definition) is 4. The summed E-state index contributed by atoms with van der Waals surface area (Å²) in [7, 11) is -3.69. The van der Waals surface area contributed by atoms with Gasteiger partial charge in [-0.05, 0) is 37.3 Å². The van der Waals surface area contributed by atoms with E-state index < -0.39 is 10.0 Å². The Bertz CT molecular complexity index is 956. The molecular formula is C19H20Cl2N2O4S. The number of sulfonamides is 1. The smallest absolute Gasteiger partial charge is 0.260 e. The number of carbonyl (C=O) groups is 1. The van der Waals surface area contributed by atoms with Crippen molar-refractivity contribution in [3.63, 3.8) is 0 Å². The minimum absolute atomic E-state index is 0.0808. The van der Waals surface area contributed by atoms with Crippen LogP contribution in [0.1, 0.15) is 5.56 Å². The predicted molar refractivity (Wildman–Crippen MR) is 108 cm³/mol. The lowest BCUT2D eigenvalue weighted by atomic mass is 10.2. The van der Waals surface area contributed by atoms with E-state index in [1.165, 1.54) is 22.5 Å². The van der Waals surface area contributed by atoms with E-state index in [0.717, 1.165) is 5.56 Å². The van der Waals surface area contributed by atoms with E-state index in [1.807, 2.05) is 31.2 Å². The number of piperazine rings is 1. The molecule has 1 amide bonds. The number of ether oxygens (including phenoxy) is 1. The number of rotatable bonds is 5. The number of benzene rings is 2. The Kier molecular flexibility index (Phi) is 6.50. The van der Waals surface area contributed by atoms with Crippen molar-refractivity contribution < 1.29 is 17.9 Å². The first-order valence-electron chi connectivity index (χ1n) is 8.70. The predicted octanol–water partition coefficient (Wildman–Crippen LogP) is 3.21. The van der Waals surface area contributed by atoms with Crippen LogP contribution in [-0.2, 0) is 14.8 Å². The molecule has 1 fully saturated rings. The van der Waals surface area contributed by atoms with E-state index in [2.05, 4.69) is 0 Å². The first-order valence-corrected chi connectivity index (χ1v) is 10.9. The molecule has 0 spiro atoms. The molecule has 0 aliphatic carbocycles. The first kappa shape index (κ1) is 20.9. The monoisotopic (exact) mass is 442 g/mol. The molecule has 28 heavy (non-hydrogen) atoms. The molecule has 9 heteroatoms. The first-order chi connectivity index (χ1) is 13.3. The fourth-order valence-electron chi connectivity index (χ4n) is 2.84. The van der Waals surface area contributed by atoms with E-state index in [9.17, 15) is 13.2 Å². The molecule has 150 valence electrons. The van der Waals surface area contributed by atoms with Crippen molar-refractivity contribution in [2.24, 2.45) is 0 Å². The van der Waals surface area contributed by atoms with Crippen molar-refractivity contribution in [2.45, 2.75) is 11.8 Å². The number of halogens is 2. The quantitative estimate of drug-likeness (QED) is 0.712. The molecule has 0 aromatic heterocycles. The SMILES string of the molecule is Cc1ccc(OCC(=O)N2CCN(S(=O)(=O)c3ccc(Cl)c(Cl)c3)CC2)cc1. The molecule has 6 nitrogen and oxygen atoms in total. The van der Waals surface area contributed by atoms with Crippen LogP contribution in [0.25, 0.3) is 0 Å². The Hall–Kier alpha value is -1.80. The van der Waals surface area contributed by atoms with E-state index in [4.69, 9.17) is 27.9 Å². The molecule has 0 saturated carbocycles. The van der Waals surface area contributed by atoms with Crippen molar-refractivity contribution in [1.82, 2.24) is 9.21 Å². The van der Waals surface area contributed by atoms with Gasteiger partial charge in [-0.2, -0.15) is 4.31 Å². The van der Waals surface area contributed by atoms with Crippen LogP contribution in [0.3, 0.4) is 0 Å². The van der Waals surface area contributed by atoms with Crippen molar-refractivity contribution in [2.75, 3.05) is 32.8 Å². The standard InChI is InChI=1S/C19H20Cl2N2O4S/c1-14-2-4-15(5-3-14)27-13-19(24)22-8-10-23(11-9-22)28(25,26)16-6-7-17(20)18(21)12-16/h2-7,12H,8-11,13H2,1H3. The number of nitrogens with zero attached hydrogens (tertiary/aromatic N) is 2. The molecule has 2 aromatic rings. The third-order valence-corrected chi connectivity index (χ3v) is 7.14. The maximum Gasteiger partial charge on any atom is 0.260 e. The zero-order chi connectivity index (χ0) is 20.3. The molecule has 0 atom stereocenters. The molecule has 1 aliphatic rings. The summed E-state index contributed by atoms with van der Waals surface area (Å²) in [5.74, 6) is 0.451. The van der Waals surface area contributed by atoms with E-state index in [0.29, 0.717) is 23.9 Å². The van der Waals surface area contributed by atoms with Crippen molar-refractivity contribution in [3.05, 3.63) is 58.1 Å². The number of amides is 1. The summed E-state index contributed by atoms with van der Waals surface area (Å²) >= 11 is 11.8. The van der Waals surface area contributed by atoms with Gasteiger partial charge in [0.15, 0.2) is 6.61 Å². The van der Waals surface area contributed by atoms with Crippen LogP contribution < -0.4 is 4.74 Å². The van der Waals surface area contributed by atoms with Gasteiger partial charge in [0, 0.05) is 26.2 Å². The highest BCUT2D eigenvalue weighted by molar-refractivity contribution is 7.89. The van der Waals surface area contributed by atoms with E-state index >= 15 is 0 Å². The molecule has 1 saturated heterocycles. The number of carbonyl (C=O) groups excluding carboxylic acids is 1. The number of hydrogen-bond donors (Lipinski definition) is 0. The highest BCUT2D eigenvalue weighted by Gasteiger charge is 2.30. The second kappa shape index (κ2) is 8.69. The third-order valence-electron chi connectivity index (χ3n) is 4.50. The van der Waals surface area contributed by atoms with Crippen LogP contribution in [0.4, 0.5) is 0 Å². The fraction of sp³-hybridized carbons (Fsp3) is 0.316. The second-order valence-electron chi connectivity index (χ2n) is 6.46. The Morgan fingerprint density at radius 2 is 1.64 bits per heavy atom. The molecule has 1 heterocycles. The van der Waals surface area contributed by atoms with Crippen LogP contribution in [0.15, 0.2) is 47.4 Å². The van der Waals surface area contributed by atoms with E-state index in [-0.39, 0.29) is 35.5 Å². The third kappa shape index (κ3) is 4.78. The summed E-state index contributed by atoms with van der Waals surface area (Å²) in [6.45, 7) is 2.91. The Balaban J connectivity index is 1.56. The molecule has 3 rings (SSSR count). The lowest BCUT2D eigenvalue weighted by Gasteiger charge is -2.34. The van der Waals surface area contributed by atoms with E-state index in [1.54, 1.807) is 4.90 Å². The van der Waals surface area contributed by atoms with Gasteiger partial charge in [-0.25, -0.2) is 8.42 Å². The zero-order valence-corrected chi connectivity index (χ0v) is 17.6. The summed E-state index contributed by atoms with van der Waals surface area (Å²) in [6.07, 6.45) is 0. The normalized spacial score (nSPS) is 15.5. The summed E-state index contributed by atoms with van der Waals surface area (Å²) in [5, 5.41) is 0.481. The highest BCUT2D eigenvalue weighted by atomic mass is 35.5. The van der Waals surface area contributed by atoms with Crippen LogP contribution in [-0.4, -0.2) is 56.3 Å². The van der Waals surface area contributed by atoms with Crippen molar-refractivity contribution >= 4 is 39.1 Å². The summed E-state index contributed by atoms with van der Waals surface area (Å²) in [6, 6.07) is 11.7. The second-order valence-corrected chi connectivity index (χ2v) is 9.21.